The number of benzene rings is 3. The van der Waals surface area contributed by atoms with E-state index in [1.54, 1.807) is 18.2 Å². The Morgan fingerprint density at radius 3 is 2.46 bits per heavy atom. The largest absolute Gasteiger partial charge is 0.326 e. The third kappa shape index (κ3) is 5.90. The van der Waals surface area contributed by atoms with Crippen LogP contribution in [0.3, 0.4) is 0 Å². The molecule has 1 fully saturated rings. The van der Waals surface area contributed by atoms with Crippen LogP contribution in [0, 0.1) is 5.82 Å². The summed E-state index contributed by atoms with van der Waals surface area (Å²) in [7, 11) is 0. The van der Waals surface area contributed by atoms with Gasteiger partial charge in [-0.1, -0.05) is 58.4 Å². The Balaban J connectivity index is 1.56. The second-order valence-corrected chi connectivity index (χ2v) is 9.07. The van der Waals surface area contributed by atoms with Gasteiger partial charge in [0.05, 0.1) is 13.0 Å². The fourth-order valence-corrected chi connectivity index (χ4v) is 4.35. The number of rotatable bonds is 7. The first-order valence-corrected chi connectivity index (χ1v) is 11.8. The maximum Gasteiger partial charge on any atom is 0.269 e. The Morgan fingerprint density at radius 1 is 1.00 bits per heavy atom. The highest BCUT2D eigenvalue weighted by Crippen LogP contribution is 2.23. The number of hydrogen-bond donors (Lipinski definition) is 2. The SMILES string of the molecule is O=C(CC1C(=O)N(Cc2ccccc2)C(=S)N1NC(=O)c1cccc(F)c1)Nc1cccc(Br)c1. The summed E-state index contributed by atoms with van der Waals surface area (Å²) < 4.78 is 14.4. The Kier molecular flexibility index (Phi) is 7.52. The second kappa shape index (κ2) is 10.7. The molecule has 7 nitrogen and oxygen atoms in total. The van der Waals surface area contributed by atoms with Gasteiger partial charge < -0.3 is 5.32 Å². The van der Waals surface area contributed by atoms with Crippen LogP contribution in [0.2, 0.25) is 0 Å². The van der Waals surface area contributed by atoms with Gasteiger partial charge in [-0.05, 0) is 54.2 Å². The van der Waals surface area contributed by atoms with Gasteiger partial charge in [0.25, 0.3) is 11.8 Å². The predicted octanol–water partition coefficient (Wildman–Crippen LogP) is 4.26. The van der Waals surface area contributed by atoms with Crippen LogP contribution in [0.25, 0.3) is 0 Å². The summed E-state index contributed by atoms with van der Waals surface area (Å²) in [6, 6.07) is 20.3. The van der Waals surface area contributed by atoms with Gasteiger partial charge in [-0.25, -0.2) is 9.40 Å². The molecule has 178 valence electrons. The molecule has 0 aliphatic carbocycles. The fraction of sp³-hybridized carbons (Fsp3) is 0.120. The quantitative estimate of drug-likeness (QED) is 0.426. The van der Waals surface area contributed by atoms with Crippen LogP contribution >= 0.6 is 28.1 Å². The molecule has 1 atom stereocenters. The van der Waals surface area contributed by atoms with Gasteiger partial charge in [-0.3, -0.25) is 24.7 Å². The monoisotopic (exact) mass is 554 g/mol. The van der Waals surface area contributed by atoms with Crippen LogP contribution in [0.15, 0.2) is 83.3 Å². The molecule has 3 amide bonds. The van der Waals surface area contributed by atoms with E-state index >= 15 is 0 Å². The summed E-state index contributed by atoms with van der Waals surface area (Å²) in [5.74, 6) is -2.09. The average molecular weight is 555 g/mol. The number of carbonyl (C=O) groups is 3. The Labute approximate surface area is 215 Å². The van der Waals surface area contributed by atoms with Crippen molar-refractivity contribution < 1.29 is 18.8 Å². The topological polar surface area (TPSA) is 81.8 Å². The average Bonchev–Trinajstić information content (AvgIpc) is 3.04. The van der Waals surface area contributed by atoms with Crippen molar-refractivity contribution in [3.8, 4) is 0 Å². The van der Waals surface area contributed by atoms with Gasteiger partial charge >= 0.3 is 0 Å². The minimum absolute atomic E-state index is 0.0452. The Bertz CT molecular complexity index is 1290. The summed E-state index contributed by atoms with van der Waals surface area (Å²) in [4.78, 5) is 40.3. The highest BCUT2D eigenvalue weighted by Gasteiger charge is 2.44. The first kappa shape index (κ1) is 24.5. The maximum absolute atomic E-state index is 13.6. The van der Waals surface area contributed by atoms with Crippen LogP contribution in [0.4, 0.5) is 10.1 Å². The van der Waals surface area contributed by atoms with E-state index in [2.05, 4.69) is 26.7 Å². The van der Waals surface area contributed by atoms with Gasteiger partial charge in [0.15, 0.2) is 5.11 Å². The summed E-state index contributed by atoms with van der Waals surface area (Å²) in [6.45, 7) is 0.175. The molecule has 1 unspecified atom stereocenters. The van der Waals surface area contributed by atoms with Crippen LogP contribution in [-0.2, 0) is 16.1 Å². The lowest BCUT2D eigenvalue weighted by Gasteiger charge is -2.24. The van der Waals surface area contributed by atoms with Crippen LogP contribution < -0.4 is 10.7 Å². The molecule has 1 saturated heterocycles. The molecule has 10 heteroatoms. The van der Waals surface area contributed by atoms with Crippen molar-refractivity contribution in [1.82, 2.24) is 15.3 Å². The molecule has 2 N–H and O–H groups in total. The lowest BCUT2D eigenvalue weighted by molar-refractivity contribution is -0.131. The van der Waals surface area contributed by atoms with Gasteiger partial charge in [-0.2, -0.15) is 0 Å². The van der Waals surface area contributed by atoms with Crippen molar-refractivity contribution in [2.24, 2.45) is 0 Å². The third-order valence-electron chi connectivity index (χ3n) is 5.28. The fourth-order valence-electron chi connectivity index (χ4n) is 3.62. The smallest absolute Gasteiger partial charge is 0.269 e. The summed E-state index contributed by atoms with van der Waals surface area (Å²) in [5, 5.41) is 4.00. The molecule has 1 aliphatic heterocycles. The highest BCUT2D eigenvalue weighted by molar-refractivity contribution is 9.10. The molecule has 0 spiro atoms. The van der Waals surface area contributed by atoms with Crippen LogP contribution in [0.1, 0.15) is 22.3 Å². The minimum Gasteiger partial charge on any atom is -0.326 e. The lowest BCUT2D eigenvalue weighted by atomic mass is 10.1. The van der Waals surface area contributed by atoms with E-state index in [0.717, 1.165) is 16.1 Å². The van der Waals surface area contributed by atoms with E-state index in [-0.39, 0.29) is 23.6 Å². The molecule has 0 saturated carbocycles. The van der Waals surface area contributed by atoms with Gasteiger partial charge in [0, 0.05) is 15.7 Å². The van der Waals surface area contributed by atoms with Crippen molar-refractivity contribution in [3.63, 3.8) is 0 Å². The van der Waals surface area contributed by atoms with Gasteiger partial charge in [0.1, 0.15) is 11.9 Å². The number of nitrogens with one attached hydrogen (secondary N) is 2. The van der Waals surface area contributed by atoms with Crippen molar-refractivity contribution in [3.05, 3.63) is 100 Å². The molecule has 3 aromatic carbocycles. The highest BCUT2D eigenvalue weighted by atomic mass is 79.9. The normalized spacial score (nSPS) is 15.3. The number of hydrazine groups is 1. The van der Waals surface area contributed by atoms with Gasteiger partial charge in [-0.15, -0.1) is 0 Å². The molecule has 1 aliphatic rings. The van der Waals surface area contributed by atoms with Crippen molar-refractivity contribution in [2.75, 3.05) is 5.32 Å². The number of hydrogen-bond acceptors (Lipinski definition) is 4. The van der Waals surface area contributed by atoms with Crippen molar-refractivity contribution in [2.45, 2.75) is 19.0 Å². The lowest BCUT2D eigenvalue weighted by Crippen LogP contribution is -2.49. The van der Waals surface area contributed by atoms with Crippen LogP contribution in [-0.4, -0.2) is 38.8 Å². The Morgan fingerprint density at radius 2 is 1.74 bits per heavy atom. The summed E-state index contributed by atoms with van der Waals surface area (Å²) in [6.07, 6.45) is -0.264. The van der Waals surface area contributed by atoms with E-state index in [4.69, 9.17) is 12.2 Å². The third-order valence-corrected chi connectivity index (χ3v) is 6.19. The van der Waals surface area contributed by atoms with E-state index in [9.17, 15) is 18.8 Å². The van der Waals surface area contributed by atoms with Crippen molar-refractivity contribution in [1.29, 1.82) is 0 Å². The molecule has 0 bridgehead atoms. The van der Waals surface area contributed by atoms with E-state index < -0.39 is 29.6 Å². The zero-order valence-corrected chi connectivity index (χ0v) is 20.7. The number of amides is 3. The second-order valence-electron chi connectivity index (χ2n) is 7.79. The number of thiocarbonyl (C=S) groups is 1. The zero-order valence-electron chi connectivity index (χ0n) is 18.3. The van der Waals surface area contributed by atoms with E-state index in [1.165, 1.54) is 28.1 Å². The standard InChI is InChI=1S/C25H20BrFN4O3S/c26-18-9-5-11-20(13-18)28-22(32)14-21-24(34)30(15-16-6-2-1-3-7-16)25(35)31(21)29-23(33)17-8-4-10-19(27)12-17/h1-13,21H,14-15H2,(H,28,32)(H,29,33). The van der Waals surface area contributed by atoms with Crippen LogP contribution in [0.5, 0.6) is 0 Å². The maximum atomic E-state index is 13.6. The molecular weight excluding hydrogens is 535 g/mol. The molecule has 0 aromatic heterocycles. The molecule has 35 heavy (non-hydrogen) atoms. The van der Waals surface area contributed by atoms with E-state index in [1.807, 2.05) is 36.4 Å². The predicted molar refractivity (Wildman–Crippen MR) is 136 cm³/mol. The molecule has 0 radical (unpaired) electrons. The number of carbonyl (C=O) groups excluding carboxylic acids is 3. The van der Waals surface area contributed by atoms with Gasteiger partial charge in [0.2, 0.25) is 5.91 Å². The zero-order chi connectivity index (χ0) is 24.9. The molecule has 1 heterocycles. The minimum atomic E-state index is -1.07. The van der Waals surface area contributed by atoms with Crippen molar-refractivity contribution >= 4 is 56.7 Å². The Hall–Kier alpha value is -3.63. The number of nitrogens with zero attached hydrogens (tertiary/aromatic N) is 2. The summed E-state index contributed by atoms with van der Waals surface area (Å²) in [5.41, 5.74) is 4.02. The molecule has 3 aromatic rings. The first-order valence-electron chi connectivity index (χ1n) is 10.6. The first-order chi connectivity index (χ1) is 16.8. The number of halogens is 2. The molecule has 4 rings (SSSR count). The number of anilines is 1. The molecular formula is C25H20BrFN4O3S. The summed E-state index contributed by atoms with van der Waals surface area (Å²) >= 11 is 8.86. The van der Waals surface area contributed by atoms with E-state index in [0.29, 0.717) is 5.69 Å².